The standard InChI is InChI=1S/C23H29BrN4O3S/c1-2-23(29)28-10-8-18-16-20(24)22(17-21(18)28)32(30,31)25-9-11-26-12-14-27(15-13-26)19-6-4-3-5-7-19/h3-7,16-17,25H,2,8-15H2,1H3. The summed E-state index contributed by atoms with van der Waals surface area (Å²) in [4.78, 5) is 18.7. The fourth-order valence-corrected chi connectivity index (χ4v) is 6.46. The Labute approximate surface area is 198 Å². The zero-order chi connectivity index (χ0) is 22.7. The van der Waals surface area contributed by atoms with E-state index in [0.29, 0.717) is 36.2 Å². The predicted octanol–water partition coefficient (Wildman–Crippen LogP) is 2.85. The van der Waals surface area contributed by atoms with Crippen molar-refractivity contribution in [2.45, 2.75) is 24.7 Å². The highest BCUT2D eigenvalue weighted by Gasteiger charge is 2.28. The fraction of sp³-hybridized carbons (Fsp3) is 0.435. The zero-order valence-electron chi connectivity index (χ0n) is 18.3. The Morgan fingerprint density at radius 1 is 1.06 bits per heavy atom. The van der Waals surface area contributed by atoms with E-state index in [-0.39, 0.29) is 10.8 Å². The molecule has 0 aliphatic carbocycles. The molecule has 1 saturated heterocycles. The molecule has 2 aliphatic rings. The minimum atomic E-state index is -3.69. The summed E-state index contributed by atoms with van der Waals surface area (Å²) in [6.07, 6.45) is 1.13. The number of halogens is 1. The van der Waals surface area contributed by atoms with Crippen LogP contribution in [0.15, 0.2) is 51.8 Å². The van der Waals surface area contributed by atoms with E-state index in [1.165, 1.54) is 5.69 Å². The lowest BCUT2D eigenvalue weighted by molar-refractivity contribution is -0.118. The first kappa shape index (κ1) is 23.2. The summed E-state index contributed by atoms with van der Waals surface area (Å²) in [5.41, 5.74) is 2.93. The molecule has 2 aromatic rings. The molecule has 32 heavy (non-hydrogen) atoms. The minimum Gasteiger partial charge on any atom is -0.369 e. The van der Waals surface area contributed by atoms with Gasteiger partial charge in [0, 0.05) is 68.1 Å². The normalized spacial score (nSPS) is 16.9. The van der Waals surface area contributed by atoms with Crippen molar-refractivity contribution in [1.82, 2.24) is 9.62 Å². The number of hydrogen-bond donors (Lipinski definition) is 1. The number of para-hydroxylation sites is 1. The molecular weight excluding hydrogens is 492 g/mol. The van der Waals surface area contributed by atoms with Crippen LogP contribution in [0.5, 0.6) is 0 Å². The van der Waals surface area contributed by atoms with Crippen LogP contribution in [-0.4, -0.2) is 65.0 Å². The van der Waals surface area contributed by atoms with Gasteiger partial charge in [-0.15, -0.1) is 0 Å². The second-order valence-corrected chi connectivity index (χ2v) is 10.7. The number of benzene rings is 2. The Hall–Kier alpha value is -1.94. The molecule has 0 atom stereocenters. The van der Waals surface area contributed by atoms with E-state index in [4.69, 9.17) is 0 Å². The lowest BCUT2D eigenvalue weighted by atomic mass is 10.2. The van der Waals surface area contributed by atoms with Crippen molar-refractivity contribution in [3.63, 3.8) is 0 Å². The molecule has 0 unspecified atom stereocenters. The summed E-state index contributed by atoms with van der Waals surface area (Å²) in [5.74, 6) is 0.0111. The molecule has 7 nitrogen and oxygen atoms in total. The molecule has 2 aromatic carbocycles. The van der Waals surface area contributed by atoms with Crippen LogP contribution in [0.1, 0.15) is 18.9 Å². The average Bonchev–Trinajstić information content (AvgIpc) is 3.21. The molecule has 0 bridgehead atoms. The molecule has 1 fully saturated rings. The fourth-order valence-electron chi connectivity index (χ4n) is 4.33. The van der Waals surface area contributed by atoms with Gasteiger partial charge in [0.25, 0.3) is 0 Å². The third kappa shape index (κ3) is 5.01. The van der Waals surface area contributed by atoms with Gasteiger partial charge in [-0.1, -0.05) is 25.1 Å². The summed E-state index contributed by atoms with van der Waals surface area (Å²) < 4.78 is 29.3. The van der Waals surface area contributed by atoms with Gasteiger partial charge in [0.1, 0.15) is 0 Å². The number of anilines is 2. The minimum absolute atomic E-state index is 0.0111. The number of nitrogens with zero attached hydrogens (tertiary/aromatic N) is 3. The number of piperazine rings is 1. The van der Waals surface area contributed by atoms with Crippen LogP contribution in [0.3, 0.4) is 0 Å². The molecule has 172 valence electrons. The summed E-state index contributed by atoms with van der Waals surface area (Å²) in [6, 6.07) is 13.8. The van der Waals surface area contributed by atoms with E-state index in [9.17, 15) is 13.2 Å². The van der Waals surface area contributed by atoms with Crippen LogP contribution in [0.4, 0.5) is 11.4 Å². The molecule has 0 aromatic heterocycles. The van der Waals surface area contributed by atoms with Crippen molar-refractivity contribution in [2.75, 3.05) is 55.6 Å². The number of nitrogens with one attached hydrogen (secondary N) is 1. The summed E-state index contributed by atoms with van der Waals surface area (Å²) in [6.45, 7) is 7.06. The van der Waals surface area contributed by atoms with Crippen LogP contribution < -0.4 is 14.5 Å². The van der Waals surface area contributed by atoms with Crippen molar-refractivity contribution < 1.29 is 13.2 Å². The smallest absolute Gasteiger partial charge is 0.241 e. The number of carbonyl (C=O) groups is 1. The highest BCUT2D eigenvalue weighted by atomic mass is 79.9. The molecule has 1 amide bonds. The first-order valence-electron chi connectivity index (χ1n) is 11.0. The summed E-state index contributed by atoms with van der Waals surface area (Å²) >= 11 is 3.42. The Morgan fingerprint density at radius 2 is 1.78 bits per heavy atom. The topological polar surface area (TPSA) is 73.0 Å². The number of amides is 1. The van der Waals surface area contributed by atoms with Crippen molar-refractivity contribution in [3.8, 4) is 0 Å². The van der Waals surface area contributed by atoms with Crippen LogP contribution in [0.2, 0.25) is 0 Å². The lowest BCUT2D eigenvalue weighted by Gasteiger charge is -2.36. The van der Waals surface area contributed by atoms with Crippen molar-refractivity contribution in [2.24, 2.45) is 0 Å². The van der Waals surface area contributed by atoms with Gasteiger partial charge in [0.15, 0.2) is 0 Å². The van der Waals surface area contributed by atoms with Crippen LogP contribution in [-0.2, 0) is 21.2 Å². The largest absolute Gasteiger partial charge is 0.369 e. The maximum absolute atomic E-state index is 13.0. The molecule has 0 spiro atoms. The van der Waals surface area contributed by atoms with E-state index in [2.05, 4.69) is 42.6 Å². The summed E-state index contributed by atoms with van der Waals surface area (Å²) in [5, 5.41) is 0. The highest BCUT2D eigenvalue weighted by molar-refractivity contribution is 9.10. The first-order chi connectivity index (χ1) is 15.4. The lowest BCUT2D eigenvalue weighted by Crippen LogP contribution is -2.48. The molecular formula is C23H29BrN4O3S. The van der Waals surface area contributed by atoms with E-state index in [1.807, 2.05) is 31.2 Å². The third-order valence-electron chi connectivity index (χ3n) is 6.14. The Bertz CT molecular complexity index is 1070. The Balaban J connectivity index is 1.35. The van der Waals surface area contributed by atoms with Gasteiger partial charge < -0.3 is 9.80 Å². The first-order valence-corrected chi connectivity index (χ1v) is 13.3. The number of hydrogen-bond acceptors (Lipinski definition) is 5. The van der Waals surface area contributed by atoms with E-state index in [1.54, 1.807) is 11.0 Å². The van der Waals surface area contributed by atoms with Gasteiger partial charge >= 0.3 is 0 Å². The molecule has 2 heterocycles. The highest BCUT2D eigenvalue weighted by Crippen LogP contribution is 2.35. The van der Waals surface area contributed by atoms with Crippen molar-refractivity contribution >= 4 is 43.2 Å². The van der Waals surface area contributed by atoms with Crippen LogP contribution in [0, 0.1) is 0 Å². The molecule has 2 aliphatic heterocycles. The van der Waals surface area contributed by atoms with Gasteiger partial charge in [0.2, 0.25) is 15.9 Å². The number of sulfonamides is 1. The maximum atomic E-state index is 13.0. The third-order valence-corrected chi connectivity index (χ3v) is 8.55. The molecule has 4 rings (SSSR count). The monoisotopic (exact) mass is 520 g/mol. The zero-order valence-corrected chi connectivity index (χ0v) is 20.7. The maximum Gasteiger partial charge on any atom is 0.241 e. The second kappa shape index (κ2) is 9.91. The van der Waals surface area contributed by atoms with E-state index in [0.717, 1.165) is 38.2 Å². The number of carbonyl (C=O) groups excluding carboxylic acids is 1. The SMILES string of the molecule is CCC(=O)N1CCc2cc(Br)c(S(=O)(=O)NCCN3CCN(c4ccccc4)CC3)cc21. The predicted molar refractivity (Wildman–Crippen MR) is 131 cm³/mol. The van der Waals surface area contributed by atoms with Gasteiger partial charge in [-0.25, -0.2) is 13.1 Å². The Morgan fingerprint density at radius 3 is 2.47 bits per heavy atom. The van der Waals surface area contributed by atoms with Gasteiger partial charge in [-0.2, -0.15) is 0 Å². The van der Waals surface area contributed by atoms with Crippen LogP contribution in [0.25, 0.3) is 0 Å². The average molecular weight is 521 g/mol. The second-order valence-electron chi connectivity index (χ2n) is 8.12. The quantitative estimate of drug-likeness (QED) is 0.607. The molecule has 1 N–H and O–H groups in total. The van der Waals surface area contributed by atoms with Crippen molar-refractivity contribution in [3.05, 3.63) is 52.5 Å². The van der Waals surface area contributed by atoms with Gasteiger partial charge in [0.05, 0.1) is 4.90 Å². The summed E-state index contributed by atoms with van der Waals surface area (Å²) in [7, 11) is -3.69. The van der Waals surface area contributed by atoms with Crippen molar-refractivity contribution in [1.29, 1.82) is 0 Å². The molecule has 0 radical (unpaired) electrons. The number of rotatable bonds is 7. The molecule has 0 saturated carbocycles. The van der Waals surface area contributed by atoms with E-state index < -0.39 is 10.0 Å². The number of fused-ring (bicyclic) bond motifs is 1. The van der Waals surface area contributed by atoms with E-state index >= 15 is 0 Å². The van der Waals surface area contributed by atoms with Gasteiger partial charge in [-0.3, -0.25) is 9.69 Å². The Kier molecular flexibility index (Phi) is 7.19. The van der Waals surface area contributed by atoms with Gasteiger partial charge in [-0.05, 0) is 52.2 Å². The molecule has 9 heteroatoms. The van der Waals surface area contributed by atoms with Crippen LogP contribution >= 0.6 is 15.9 Å².